The van der Waals surface area contributed by atoms with Crippen molar-refractivity contribution >= 4 is 5.78 Å². The van der Waals surface area contributed by atoms with Crippen molar-refractivity contribution in [2.45, 2.75) is 45.9 Å². The van der Waals surface area contributed by atoms with Crippen LogP contribution < -0.4 is 4.74 Å². The van der Waals surface area contributed by atoms with Gasteiger partial charge in [0.25, 0.3) is 0 Å². The van der Waals surface area contributed by atoms with Gasteiger partial charge in [0.05, 0.1) is 12.7 Å². The highest BCUT2D eigenvalue weighted by Crippen LogP contribution is 2.19. The third-order valence-electron chi connectivity index (χ3n) is 3.61. The Morgan fingerprint density at radius 2 is 2.10 bits per heavy atom. The summed E-state index contributed by atoms with van der Waals surface area (Å²) in [4.78, 5) is 14.9. The lowest BCUT2D eigenvalue weighted by molar-refractivity contribution is -0.0256. The van der Waals surface area contributed by atoms with Crippen molar-refractivity contribution < 1.29 is 14.3 Å². The van der Waals surface area contributed by atoms with Crippen molar-refractivity contribution in [2.24, 2.45) is 0 Å². The summed E-state index contributed by atoms with van der Waals surface area (Å²) in [6.07, 6.45) is -0.284. The number of benzene rings is 1. The van der Waals surface area contributed by atoms with Crippen LogP contribution in [-0.2, 0) is 4.74 Å². The Kier molecular flexibility index (Phi) is 5.37. The fourth-order valence-electron chi connectivity index (χ4n) is 2.48. The van der Waals surface area contributed by atoms with Gasteiger partial charge in [-0.05, 0) is 39.8 Å². The van der Waals surface area contributed by atoms with Crippen LogP contribution >= 0.6 is 0 Å². The average Bonchev–Trinajstić information content (AvgIpc) is 2.46. The molecule has 1 heterocycles. The van der Waals surface area contributed by atoms with Crippen LogP contribution in [0.2, 0.25) is 0 Å². The molecule has 0 bridgehead atoms. The molecule has 1 saturated heterocycles. The van der Waals surface area contributed by atoms with Gasteiger partial charge >= 0.3 is 0 Å². The summed E-state index contributed by atoms with van der Waals surface area (Å²) in [6.45, 7) is 10.4. The van der Waals surface area contributed by atoms with Crippen LogP contribution in [0.4, 0.5) is 0 Å². The van der Waals surface area contributed by atoms with Gasteiger partial charge in [0.15, 0.2) is 5.78 Å². The summed E-state index contributed by atoms with van der Waals surface area (Å²) in [5.41, 5.74) is 0.656. The van der Waals surface area contributed by atoms with Gasteiger partial charge in [-0.15, -0.1) is 0 Å². The first kappa shape index (κ1) is 16.0. The SMILES string of the molecule is CC(C)Oc1cccc(C(=O)C2CN(C(C)C)CCO2)c1. The minimum absolute atomic E-state index is 0.0366. The minimum atomic E-state index is -0.379. The van der Waals surface area contributed by atoms with Gasteiger partial charge in [0, 0.05) is 24.7 Å². The number of carbonyl (C=O) groups excluding carboxylic acids is 1. The Labute approximate surface area is 127 Å². The third kappa shape index (κ3) is 4.29. The van der Waals surface area contributed by atoms with Crippen LogP contribution in [0, 0.1) is 0 Å². The maximum atomic E-state index is 12.6. The molecule has 1 aromatic carbocycles. The molecular formula is C17H25NO3. The average molecular weight is 291 g/mol. The Morgan fingerprint density at radius 3 is 2.76 bits per heavy atom. The second kappa shape index (κ2) is 7.05. The maximum Gasteiger partial charge on any atom is 0.193 e. The second-order valence-electron chi connectivity index (χ2n) is 6.01. The third-order valence-corrected chi connectivity index (χ3v) is 3.61. The zero-order valence-corrected chi connectivity index (χ0v) is 13.3. The molecule has 1 aromatic rings. The van der Waals surface area contributed by atoms with Crippen molar-refractivity contribution in [3.05, 3.63) is 29.8 Å². The van der Waals surface area contributed by atoms with Gasteiger partial charge in [0.2, 0.25) is 0 Å². The van der Waals surface area contributed by atoms with Gasteiger partial charge in [-0.3, -0.25) is 9.69 Å². The zero-order chi connectivity index (χ0) is 15.4. The predicted molar refractivity (Wildman–Crippen MR) is 83.0 cm³/mol. The first-order chi connectivity index (χ1) is 9.97. The number of ether oxygens (including phenoxy) is 2. The molecule has 1 fully saturated rings. The van der Waals surface area contributed by atoms with E-state index in [1.165, 1.54) is 0 Å². The molecule has 1 aliphatic heterocycles. The highest BCUT2D eigenvalue weighted by molar-refractivity contribution is 6.00. The van der Waals surface area contributed by atoms with E-state index in [1.807, 2.05) is 32.0 Å². The summed E-state index contributed by atoms with van der Waals surface area (Å²) in [6, 6.07) is 7.79. The normalized spacial score (nSPS) is 20.0. The Bertz CT molecular complexity index is 485. The van der Waals surface area contributed by atoms with Crippen molar-refractivity contribution in [1.82, 2.24) is 4.90 Å². The van der Waals surface area contributed by atoms with Gasteiger partial charge < -0.3 is 9.47 Å². The van der Waals surface area contributed by atoms with Gasteiger partial charge in [-0.25, -0.2) is 0 Å². The van der Waals surface area contributed by atoms with E-state index in [0.29, 0.717) is 24.8 Å². The second-order valence-corrected chi connectivity index (χ2v) is 6.01. The number of nitrogens with zero attached hydrogens (tertiary/aromatic N) is 1. The lowest BCUT2D eigenvalue weighted by Gasteiger charge is -2.34. The Balaban J connectivity index is 2.08. The molecule has 1 unspecified atom stereocenters. The molecule has 4 heteroatoms. The van der Waals surface area contributed by atoms with Crippen LogP contribution in [0.25, 0.3) is 0 Å². The molecule has 116 valence electrons. The summed E-state index contributed by atoms with van der Waals surface area (Å²) < 4.78 is 11.3. The molecule has 4 nitrogen and oxygen atoms in total. The molecule has 0 N–H and O–H groups in total. The Morgan fingerprint density at radius 1 is 1.33 bits per heavy atom. The number of rotatable bonds is 5. The Hall–Kier alpha value is -1.39. The highest BCUT2D eigenvalue weighted by Gasteiger charge is 2.28. The number of hydrogen-bond acceptors (Lipinski definition) is 4. The lowest BCUT2D eigenvalue weighted by atomic mass is 10.0. The van der Waals surface area contributed by atoms with E-state index in [2.05, 4.69) is 18.7 Å². The maximum absolute atomic E-state index is 12.6. The van der Waals surface area contributed by atoms with Gasteiger partial charge in [-0.2, -0.15) is 0 Å². The van der Waals surface area contributed by atoms with E-state index in [1.54, 1.807) is 6.07 Å². The fourth-order valence-corrected chi connectivity index (χ4v) is 2.48. The number of ketones is 1. The first-order valence-electron chi connectivity index (χ1n) is 7.64. The van der Waals surface area contributed by atoms with Crippen molar-refractivity contribution in [1.29, 1.82) is 0 Å². The summed E-state index contributed by atoms with van der Waals surface area (Å²) >= 11 is 0. The standard InChI is InChI=1S/C17H25NO3/c1-12(2)18-8-9-20-16(11-18)17(19)14-6-5-7-15(10-14)21-13(3)4/h5-7,10,12-13,16H,8-9,11H2,1-4H3. The van der Waals surface area contributed by atoms with E-state index in [4.69, 9.17) is 9.47 Å². The highest BCUT2D eigenvalue weighted by atomic mass is 16.5. The van der Waals surface area contributed by atoms with Crippen LogP contribution in [0.15, 0.2) is 24.3 Å². The van der Waals surface area contributed by atoms with E-state index in [9.17, 15) is 4.79 Å². The fraction of sp³-hybridized carbons (Fsp3) is 0.588. The van der Waals surface area contributed by atoms with Crippen LogP contribution in [0.1, 0.15) is 38.1 Å². The topological polar surface area (TPSA) is 38.8 Å². The zero-order valence-electron chi connectivity index (χ0n) is 13.3. The van der Waals surface area contributed by atoms with Crippen molar-refractivity contribution in [3.63, 3.8) is 0 Å². The molecule has 0 aromatic heterocycles. The van der Waals surface area contributed by atoms with E-state index < -0.39 is 0 Å². The molecular weight excluding hydrogens is 266 g/mol. The molecule has 21 heavy (non-hydrogen) atoms. The molecule has 0 radical (unpaired) electrons. The van der Waals surface area contributed by atoms with Crippen LogP contribution in [0.5, 0.6) is 5.75 Å². The molecule has 1 atom stereocenters. The van der Waals surface area contributed by atoms with Crippen molar-refractivity contribution in [3.8, 4) is 5.75 Å². The van der Waals surface area contributed by atoms with Crippen LogP contribution in [-0.4, -0.2) is 48.6 Å². The molecule has 0 amide bonds. The number of carbonyl (C=O) groups is 1. The summed E-state index contributed by atoms with van der Waals surface area (Å²) in [5, 5.41) is 0. The molecule has 0 spiro atoms. The minimum Gasteiger partial charge on any atom is -0.491 e. The summed E-state index contributed by atoms with van der Waals surface area (Å²) in [7, 11) is 0. The summed E-state index contributed by atoms with van der Waals surface area (Å²) in [5.74, 6) is 0.766. The van der Waals surface area contributed by atoms with E-state index in [-0.39, 0.29) is 18.0 Å². The smallest absolute Gasteiger partial charge is 0.193 e. The first-order valence-corrected chi connectivity index (χ1v) is 7.64. The van der Waals surface area contributed by atoms with E-state index >= 15 is 0 Å². The largest absolute Gasteiger partial charge is 0.491 e. The number of hydrogen-bond donors (Lipinski definition) is 0. The van der Waals surface area contributed by atoms with Gasteiger partial charge in [-0.1, -0.05) is 12.1 Å². The number of morpholine rings is 1. The quantitative estimate of drug-likeness (QED) is 0.782. The molecule has 0 aliphatic carbocycles. The monoisotopic (exact) mass is 291 g/mol. The van der Waals surface area contributed by atoms with Crippen molar-refractivity contribution in [2.75, 3.05) is 19.7 Å². The lowest BCUT2D eigenvalue weighted by Crippen LogP contribution is -2.48. The van der Waals surface area contributed by atoms with Crippen LogP contribution in [0.3, 0.4) is 0 Å². The predicted octanol–water partition coefficient (Wildman–Crippen LogP) is 2.77. The van der Waals surface area contributed by atoms with E-state index in [0.717, 1.165) is 12.3 Å². The molecule has 2 rings (SSSR count). The molecule has 0 saturated carbocycles. The van der Waals surface area contributed by atoms with Gasteiger partial charge in [0.1, 0.15) is 11.9 Å². The number of Topliss-reactive ketones (excluding diaryl/α,β-unsaturated/α-hetero) is 1. The molecule has 1 aliphatic rings.